The zero-order valence-corrected chi connectivity index (χ0v) is 15.5. The number of amides is 2. The summed E-state index contributed by atoms with van der Waals surface area (Å²) in [5, 5.41) is 10.6. The van der Waals surface area contributed by atoms with Crippen LogP contribution in [-0.2, 0) is 31.0 Å². The molecule has 0 bridgehead atoms. The molecular weight excluding hydrogens is 379 g/mol. The van der Waals surface area contributed by atoms with Crippen LogP contribution in [-0.4, -0.2) is 43.3 Å². The van der Waals surface area contributed by atoms with Gasteiger partial charge in [-0.2, -0.15) is 0 Å². The average molecular weight is 400 g/mol. The quantitative estimate of drug-likeness (QED) is 0.387. The molecule has 0 unspecified atom stereocenters. The van der Waals surface area contributed by atoms with Gasteiger partial charge in [0, 0.05) is 0 Å². The van der Waals surface area contributed by atoms with Crippen molar-refractivity contribution in [1.29, 1.82) is 0 Å². The standard InChI is InChI=1S/C17H21FN2O6S/c1-26-20(10-12-5-7-14(18)8-6-12)16(22)9-15(21)17(23)19-27(24,25)11-13-3-2-4-13/h5-9,13,21H,2-4,10-11H2,1H3,(H,19,23)/b15-9-. The molecule has 1 aliphatic carbocycles. The molecule has 8 nitrogen and oxygen atoms in total. The van der Waals surface area contributed by atoms with Crippen LogP contribution < -0.4 is 4.72 Å². The van der Waals surface area contributed by atoms with Gasteiger partial charge in [0.15, 0.2) is 5.76 Å². The van der Waals surface area contributed by atoms with Gasteiger partial charge in [0.2, 0.25) is 10.0 Å². The molecule has 1 aromatic carbocycles. The van der Waals surface area contributed by atoms with Gasteiger partial charge in [-0.3, -0.25) is 14.4 Å². The Balaban J connectivity index is 1.97. The number of benzene rings is 1. The molecule has 0 atom stereocenters. The summed E-state index contributed by atoms with van der Waals surface area (Å²) in [6.45, 7) is -0.0685. The molecule has 27 heavy (non-hydrogen) atoms. The molecule has 1 saturated carbocycles. The molecule has 2 amide bonds. The molecule has 0 aromatic heterocycles. The maximum atomic E-state index is 12.9. The molecule has 0 spiro atoms. The molecular formula is C17H21FN2O6S. The van der Waals surface area contributed by atoms with Gasteiger partial charge in [-0.25, -0.2) is 22.6 Å². The molecule has 0 aliphatic heterocycles. The first-order valence-corrected chi connectivity index (χ1v) is 9.91. The van der Waals surface area contributed by atoms with Crippen LogP contribution in [0.25, 0.3) is 0 Å². The topological polar surface area (TPSA) is 113 Å². The third-order valence-electron chi connectivity index (χ3n) is 4.13. The van der Waals surface area contributed by atoms with Crippen LogP contribution in [0, 0.1) is 11.7 Å². The molecule has 2 N–H and O–H groups in total. The van der Waals surface area contributed by atoms with Crippen LogP contribution in [0.1, 0.15) is 24.8 Å². The number of nitrogens with zero attached hydrogens (tertiary/aromatic N) is 1. The van der Waals surface area contributed by atoms with Gasteiger partial charge in [0.05, 0.1) is 25.5 Å². The fourth-order valence-corrected chi connectivity index (χ4v) is 3.87. The zero-order chi connectivity index (χ0) is 20.0. The summed E-state index contributed by atoms with van der Waals surface area (Å²) in [6.07, 6.45) is 3.07. The molecule has 148 valence electrons. The van der Waals surface area contributed by atoms with Crippen LogP contribution in [0.2, 0.25) is 0 Å². The highest BCUT2D eigenvalue weighted by molar-refractivity contribution is 7.90. The Hall–Kier alpha value is -2.46. The molecule has 10 heteroatoms. The summed E-state index contributed by atoms with van der Waals surface area (Å²) in [7, 11) is -2.69. The maximum absolute atomic E-state index is 12.9. The van der Waals surface area contributed by atoms with Crippen molar-refractivity contribution in [1.82, 2.24) is 9.79 Å². The van der Waals surface area contributed by atoms with Gasteiger partial charge in [0.25, 0.3) is 11.8 Å². The second-order valence-corrected chi connectivity index (χ2v) is 7.99. The number of aliphatic hydroxyl groups excluding tert-OH is 1. The number of halogens is 1. The van der Waals surface area contributed by atoms with Crippen LogP contribution in [0.5, 0.6) is 0 Å². The number of aliphatic hydroxyl groups is 1. The van der Waals surface area contributed by atoms with Crippen molar-refractivity contribution in [3.8, 4) is 0 Å². The van der Waals surface area contributed by atoms with Crippen molar-refractivity contribution >= 4 is 21.8 Å². The molecule has 1 aromatic rings. The van der Waals surface area contributed by atoms with Gasteiger partial charge < -0.3 is 5.11 Å². The molecule has 0 saturated heterocycles. The highest BCUT2D eigenvalue weighted by Crippen LogP contribution is 2.27. The van der Waals surface area contributed by atoms with E-state index in [1.54, 1.807) is 4.72 Å². The predicted octanol–water partition coefficient (Wildman–Crippen LogP) is 1.40. The fourth-order valence-electron chi connectivity index (χ4n) is 2.45. The van der Waals surface area contributed by atoms with E-state index in [0.29, 0.717) is 11.6 Å². The minimum absolute atomic E-state index is 0.00254. The first-order chi connectivity index (χ1) is 12.7. The van der Waals surface area contributed by atoms with Crippen molar-refractivity contribution in [2.75, 3.05) is 12.9 Å². The van der Waals surface area contributed by atoms with E-state index < -0.39 is 33.4 Å². The van der Waals surface area contributed by atoms with E-state index in [1.165, 1.54) is 31.4 Å². The van der Waals surface area contributed by atoms with E-state index in [-0.39, 0.29) is 18.2 Å². The van der Waals surface area contributed by atoms with Crippen molar-refractivity contribution in [3.05, 3.63) is 47.5 Å². The Morgan fingerprint density at radius 1 is 1.33 bits per heavy atom. The Labute approximate surface area is 156 Å². The smallest absolute Gasteiger partial charge is 0.299 e. The Morgan fingerprint density at radius 3 is 2.48 bits per heavy atom. The number of sulfonamides is 1. The van der Waals surface area contributed by atoms with Crippen LogP contribution >= 0.6 is 0 Å². The third-order valence-corrected chi connectivity index (χ3v) is 5.53. The van der Waals surface area contributed by atoms with Crippen molar-refractivity contribution in [3.63, 3.8) is 0 Å². The Kier molecular flexibility index (Phi) is 6.92. The van der Waals surface area contributed by atoms with Crippen molar-refractivity contribution < 1.29 is 32.3 Å². The lowest BCUT2D eigenvalue weighted by molar-refractivity contribution is -0.173. The van der Waals surface area contributed by atoms with Crippen molar-refractivity contribution in [2.45, 2.75) is 25.8 Å². The van der Waals surface area contributed by atoms with E-state index in [0.717, 1.165) is 24.3 Å². The molecule has 1 fully saturated rings. The molecule has 0 heterocycles. The summed E-state index contributed by atoms with van der Waals surface area (Å²) in [4.78, 5) is 28.8. The Morgan fingerprint density at radius 2 is 1.96 bits per heavy atom. The van der Waals surface area contributed by atoms with Crippen LogP contribution in [0.15, 0.2) is 36.1 Å². The number of hydroxylamine groups is 2. The van der Waals surface area contributed by atoms with Gasteiger partial charge in [-0.1, -0.05) is 18.6 Å². The van der Waals surface area contributed by atoms with E-state index in [2.05, 4.69) is 0 Å². The monoisotopic (exact) mass is 400 g/mol. The second-order valence-electron chi connectivity index (χ2n) is 6.22. The Bertz CT molecular complexity index is 818. The van der Waals surface area contributed by atoms with E-state index >= 15 is 0 Å². The second kappa shape index (κ2) is 8.96. The molecule has 2 rings (SSSR count). The van der Waals surface area contributed by atoms with Gasteiger partial charge in [-0.15, -0.1) is 0 Å². The number of carbonyl (C=O) groups excluding carboxylic acids is 2. The summed E-state index contributed by atoms with van der Waals surface area (Å²) in [5.41, 5.74) is 0.548. The third kappa shape index (κ3) is 6.33. The molecule has 1 aliphatic rings. The van der Waals surface area contributed by atoms with Gasteiger partial charge >= 0.3 is 0 Å². The zero-order valence-electron chi connectivity index (χ0n) is 14.7. The summed E-state index contributed by atoms with van der Waals surface area (Å²) in [6, 6.07) is 5.30. The van der Waals surface area contributed by atoms with E-state index in [9.17, 15) is 27.5 Å². The number of carbonyl (C=O) groups is 2. The lowest BCUT2D eigenvalue weighted by Crippen LogP contribution is -2.37. The number of rotatable bonds is 8. The fraction of sp³-hybridized carbons (Fsp3) is 0.412. The lowest BCUT2D eigenvalue weighted by atomic mass is 9.87. The summed E-state index contributed by atoms with van der Waals surface area (Å²) in [5.74, 6) is -3.87. The van der Waals surface area contributed by atoms with Crippen molar-refractivity contribution in [2.24, 2.45) is 5.92 Å². The lowest BCUT2D eigenvalue weighted by Gasteiger charge is -2.24. The number of hydrogen-bond acceptors (Lipinski definition) is 6. The summed E-state index contributed by atoms with van der Waals surface area (Å²) >= 11 is 0. The summed E-state index contributed by atoms with van der Waals surface area (Å²) < 4.78 is 38.4. The van der Waals surface area contributed by atoms with E-state index in [1.807, 2.05) is 0 Å². The van der Waals surface area contributed by atoms with Gasteiger partial charge in [0.1, 0.15) is 5.82 Å². The highest BCUT2D eigenvalue weighted by Gasteiger charge is 2.27. The first-order valence-electron chi connectivity index (χ1n) is 8.25. The van der Waals surface area contributed by atoms with Gasteiger partial charge in [-0.05, 0) is 36.5 Å². The average Bonchev–Trinajstić information content (AvgIpc) is 2.57. The molecule has 0 radical (unpaired) electrons. The first kappa shape index (κ1) is 20.8. The normalized spacial score (nSPS) is 15.1. The van der Waals surface area contributed by atoms with E-state index in [4.69, 9.17) is 4.84 Å². The SMILES string of the molecule is CON(Cc1ccc(F)cc1)C(=O)/C=C(\O)C(=O)NS(=O)(=O)CC1CCC1. The maximum Gasteiger partial charge on any atom is 0.299 e. The number of nitrogens with one attached hydrogen (secondary N) is 1. The minimum Gasteiger partial charge on any atom is -0.503 e. The highest BCUT2D eigenvalue weighted by atomic mass is 32.2. The van der Waals surface area contributed by atoms with Crippen LogP contribution in [0.4, 0.5) is 4.39 Å². The number of hydrogen-bond donors (Lipinski definition) is 2. The predicted molar refractivity (Wildman–Crippen MR) is 93.9 cm³/mol. The van der Waals surface area contributed by atoms with Crippen LogP contribution in [0.3, 0.4) is 0 Å². The minimum atomic E-state index is -3.89. The largest absolute Gasteiger partial charge is 0.503 e.